The van der Waals surface area contributed by atoms with Gasteiger partial charge in [-0.3, -0.25) is 0 Å². The summed E-state index contributed by atoms with van der Waals surface area (Å²) in [4.78, 5) is 0. The van der Waals surface area contributed by atoms with Crippen molar-refractivity contribution in [1.82, 2.24) is 0 Å². The van der Waals surface area contributed by atoms with E-state index in [0.29, 0.717) is 0 Å². The lowest BCUT2D eigenvalue weighted by atomic mass is 10.6. The van der Waals surface area contributed by atoms with E-state index in [9.17, 15) is 0 Å². The quantitative estimate of drug-likeness (QED) is 0.593. The average molecular weight is 178 g/mol. The van der Waals surface area contributed by atoms with Gasteiger partial charge in [0.15, 0.2) is 0 Å². The Balaban J connectivity index is 2.91. The zero-order valence-corrected chi connectivity index (χ0v) is 9.02. The Labute approximate surface area is 73.5 Å². The minimum Gasteiger partial charge on any atom is -0.158 e. The first-order chi connectivity index (χ1) is 4.63. The predicted octanol–water partition coefficient (Wildman–Crippen LogP) is 3.27. The highest BCUT2D eigenvalue weighted by atomic mass is 32.2. The molecular weight excluding hydrogens is 160 g/mol. The maximum Gasteiger partial charge on any atom is 0.00262 e. The molecule has 2 heteroatoms. The van der Waals surface area contributed by atoms with Gasteiger partial charge in [-0.05, 0) is 10.5 Å². The molecule has 0 aromatic rings. The molecule has 0 aromatic carbocycles. The van der Waals surface area contributed by atoms with Crippen molar-refractivity contribution in [3.05, 3.63) is 0 Å². The fourth-order valence-electron chi connectivity index (χ4n) is 0.568. The van der Waals surface area contributed by atoms with E-state index in [1.165, 1.54) is 11.5 Å². The molecular formula is C8H18S2. The molecule has 0 unspecified atom stereocenters. The maximum absolute atomic E-state index is 2.25. The van der Waals surface area contributed by atoms with Gasteiger partial charge in [0.1, 0.15) is 0 Å². The topological polar surface area (TPSA) is 0 Å². The summed E-state index contributed by atoms with van der Waals surface area (Å²) in [6, 6.07) is 0. The molecule has 0 saturated carbocycles. The SMILES string of the molecule is CC(C)SCCSC(C)C. The number of thioether (sulfide) groups is 2. The van der Waals surface area contributed by atoms with Crippen molar-refractivity contribution >= 4 is 23.5 Å². The summed E-state index contributed by atoms with van der Waals surface area (Å²) in [6.45, 7) is 9.02. The lowest BCUT2D eigenvalue weighted by molar-refractivity contribution is 1.10. The number of hydrogen-bond donors (Lipinski definition) is 0. The highest BCUT2D eigenvalue weighted by Gasteiger charge is 1.96. The maximum atomic E-state index is 2.25. The molecule has 0 aliphatic carbocycles. The Morgan fingerprint density at radius 3 is 1.30 bits per heavy atom. The van der Waals surface area contributed by atoms with Crippen LogP contribution in [0, 0.1) is 0 Å². The fourth-order valence-corrected chi connectivity index (χ4v) is 2.28. The van der Waals surface area contributed by atoms with Gasteiger partial charge in [-0.25, -0.2) is 0 Å². The van der Waals surface area contributed by atoms with Gasteiger partial charge in [-0.15, -0.1) is 0 Å². The first-order valence-electron chi connectivity index (χ1n) is 3.86. The molecule has 0 rings (SSSR count). The van der Waals surface area contributed by atoms with E-state index in [0.717, 1.165) is 10.5 Å². The molecule has 0 N–H and O–H groups in total. The Morgan fingerprint density at radius 2 is 1.10 bits per heavy atom. The molecule has 0 heterocycles. The van der Waals surface area contributed by atoms with Gasteiger partial charge in [0.25, 0.3) is 0 Å². The van der Waals surface area contributed by atoms with Gasteiger partial charge in [0.2, 0.25) is 0 Å². The van der Waals surface area contributed by atoms with Crippen LogP contribution in [0.5, 0.6) is 0 Å². The van der Waals surface area contributed by atoms with Gasteiger partial charge >= 0.3 is 0 Å². The highest BCUT2D eigenvalue weighted by molar-refractivity contribution is 8.03. The lowest BCUT2D eigenvalue weighted by Gasteiger charge is -2.05. The minimum absolute atomic E-state index is 0.799. The largest absolute Gasteiger partial charge is 0.158 e. The highest BCUT2D eigenvalue weighted by Crippen LogP contribution is 2.14. The Bertz CT molecular complexity index is 59.7. The molecule has 62 valence electrons. The first kappa shape index (κ1) is 10.7. The predicted molar refractivity (Wildman–Crippen MR) is 55.2 cm³/mol. The Kier molecular flexibility index (Phi) is 6.86. The van der Waals surface area contributed by atoms with E-state index >= 15 is 0 Å². The average Bonchev–Trinajstić information content (AvgIpc) is 1.79. The molecule has 10 heavy (non-hydrogen) atoms. The molecule has 0 amide bonds. The van der Waals surface area contributed by atoms with Gasteiger partial charge in [0, 0.05) is 11.5 Å². The van der Waals surface area contributed by atoms with Crippen molar-refractivity contribution in [2.45, 2.75) is 38.2 Å². The van der Waals surface area contributed by atoms with Crippen molar-refractivity contribution in [1.29, 1.82) is 0 Å². The second-order valence-corrected chi connectivity index (χ2v) is 6.21. The van der Waals surface area contributed by atoms with E-state index in [1.54, 1.807) is 0 Å². The molecule has 0 aromatic heterocycles. The van der Waals surface area contributed by atoms with Crippen LogP contribution in [0.3, 0.4) is 0 Å². The third kappa shape index (κ3) is 8.70. The second kappa shape index (κ2) is 6.41. The monoisotopic (exact) mass is 178 g/mol. The summed E-state index contributed by atoms with van der Waals surface area (Å²) in [5.41, 5.74) is 0. The molecule has 0 radical (unpaired) electrons. The summed E-state index contributed by atoms with van der Waals surface area (Å²) in [7, 11) is 0. The van der Waals surface area contributed by atoms with Gasteiger partial charge < -0.3 is 0 Å². The smallest absolute Gasteiger partial charge is 0.00262 e. The Morgan fingerprint density at radius 1 is 0.800 bits per heavy atom. The van der Waals surface area contributed by atoms with Gasteiger partial charge in [-0.1, -0.05) is 27.7 Å². The molecule has 0 atom stereocenters. The van der Waals surface area contributed by atoms with Gasteiger partial charge in [0.05, 0.1) is 0 Å². The minimum atomic E-state index is 0.799. The van der Waals surface area contributed by atoms with E-state index in [2.05, 4.69) is 51.2 Å². The third-order valence-electron chi connectivity index (χ3n) is 0.986. The van der Waals surface area contributed by atoms with E-state index in [-0.39, 0.29) is 0 Å². The van der Waals surface area contributed by atoms with Crippen LogP contribution in [0.25, 0.3) is 0 Å². The zero-order chi connectivity index (χ0) is 7.98. The second-order valence-electron chi connectivity index (χ2n) is 2.84. The number of rotatable bonds is 5. The summed E-state index contributed by atoms with van der Waals surface area (Å²) in [6.07, 6.45) is 0. The number of hydrogen-bond acceptors (Lipinski definition) is 2. The van der Waals surface area contributed by atoms with Crippen molar-refractivity contribution in [3.8, 4) is 0 Å². The van der Waals surface area contributed by atoms with Crippen molar-refractivity contribution in [2.24, 2.45) is 0 Å². The molecule has 0 aliphatic rings. The molecule has 0 spiro atoms. The molecule has 0 saturated heterocycles. The zero-order valence-electron chi connectivity index (χ0n) is 7.39. The van der Waals surface area contributed by atoms with Gasteiger partial charge in [-0.2, -0.15) is 23.5 Å². The molecule has 0 fully saturated rings. The third-order valence-corrected chi connectivity index (χ3v) is 3.46. The molecule has 0 nitrogen and oxygen atoms in total. The standard InChI is InChI=1S/C8H18S2/c1-7(2)9-5-6-10-8(3)4/h7-8H,5-6H2,1-4H3. The van der Waals surface area contributed by atoms with Crippen molar-refractivity contribution < 1.29 is 0 Å². The van der Waals surface area contributed by atoms with E-state index in [4.69, 9.17) is 0 Å². The summed E-state index contributed by atoms with van der Waals surface area (Å²) < 4.78 is 0. The van der Waals surface area contributed by atoms with Crippen LogP contribution in [0.1, 0.15) is 27.7 Å². The summed E-state index contributed by atoms with van der Waals surface area (Å²) in [5.74, 6) is 2.61. The van der Waals surface area contributed by atoms with Crippen LogP contribution in [0.4, 0.5) is 0 Å². The van der Waals surface area contributed by atoms with Crippen molar-refractivity contribution in [2.75, 3.05) is 11.5 Å². The van der Waals surface area contributed by atoms with Crippen LogP contribution in [0.15, 0.2) is 0 Å². The van der Waals surface area contributed by atoms with Crippen LogP contribution in [0.2, 0.25) is 0 Å². The summed E-state index contributed by atoms with van der Waals surface area (Å²) in [5, 5.41) is 1.60. The summed E-state index contributed by atoms with van der Waals surface area (Å²) >= 11 is 4.10. The van der Waals surface area contributed by atoms with Crippen LogP contribution >= 0.6 is 23.5 Å². The van der Waals surface area contributed by atoms with Crippen LogP contribution in [-0.4, -0.2) is 22.0 Å². The van der Waals surface area contributed by atoms with Crippen molar-refractivity contribution in [3.63, 3.8) is 0 Å². The Hall–Kier alpha value is 0.700. The first-order valence-corrected chi connectivity index (χ1v) is 5.96. The molecule has 0 aliphatic heterocycles. The van der Waals surface area contributed by atoms with E-state index in [1.807, 2.05) is 0 Å². The normalized spacial score (nSPS) is 11.4. The van der Waals surface area contributed by atoms with Crippen LogP contribution in [-0.2, 0) is 0 Å². The van der Waals surface area contributed by atoms with E-state index < -0.39 is 0 Å². The molecule has 0 bridgehead atoms. The fraction of sp³-hybridized carbons (Fsp3) is 1.00. The van der Waals surface area contributed by atoms with Crippen LogP contribution < -0.4 is 0 Å². The lowest BCUT2D eigenvalue weighted by Crippen LogP contribution is -1.95.